The average Bonchev–Trinajstić information content (AvgIpc) is 2.99. The van der Waals surface area contributed by atoms with Crippen LogP contribution in [0, 0.1) is 6.92 Å². The van der Waals surface area contributed by atoms with Gasteiger partial charge in [0.15, 0.2) is 0 Å². The zero-order chi connectivity index (χ0) is 20.8. The van der Waals surface area contributed by atoms with Crippen LogP contribution in [0.4, 0.5) is 5.69 Å². The van der Waals surface area contributed by atoms with Gasteiger partial charge in [-0.05, 0) is 49.4 Å². The van der Waals surface area contributed by atoms with Gasteiger partial charge in [-0.25, -0.2) is 4.98 Å². The maximum Gasteiger partial charge on any atom is 0.266 e. The second kappa shape index (κ2) is 6.81. The zero-order valence-electron chi connectivity index (χ0n) is 16.7. The minimum Gasteiger partial charge on any atom is -0.311 e. The van der Waals surface area contributed by atoms with Gasteiger partial charge < -0.3 is 4.90 Å². The van der Waals surface area contributed by atoms with Gasteiger partial charge in [0.1, 0.15) is 5.82 Å². The minimum absolute atomic E-state index is 0.113. The van der Waals surface area contributed by atoms with Crippen LogP contribution in [0.1, 0.15) is 17.0 Å². The summed E-state index contributed by atoms with van der Waals surface area (Å²) in [6, 6.07) is 22.6. The molecule has 0 bridgehead atoms. The van der Waals surface area contributed by atoms with E-state index in [-0.39, 0.29) is 11.5 Å². The molecule has 1 aliphatic rings. The van der Waals surface area contributed by atoms with Gasteiger partial charge in [-0.1, -0.05) is 42.0 Å². The number of anilines is 1. The third-order valence-corrected chi connectivity index (χ3v) is 5.43. The van der Waals surface area contributed by atoms with Crippen LogP contribution in [0.25, 0.3) is 28.2 Å². The number of hydrogen-bond acceptors (Lipinski definition) is 3. The quantitative estimate of drug-likeness (QED) is 0.480. The molecule has 1 aliphatic heterocycles. The van der Waals surface area contributed by atoms with Crippen molar-refractivity contribution < 1.29 is 4.79 Å². The van der Waals surface area contributed by atoms with E-state index < -0.39 is 0 Å². The van der Waals surface area contributed by atoms with Gasteiger partial charge >= 0.3 is 0 Å². The highest BCUT2D eigenvalue weighted by Crippen LogP contribution is 2.37. The molecule has 0 unspecified atom stereocenters. The lowest BCUT2D eigenvalue weighted by molar-refractivity contribution is -0.112. The fourth-order valence-electron chi connectivity index (χ4n) is 3.91. The number of carbonyl (C=O) groups is 1. The van der Waals surface area contributed by atoms with Crippen LogP contribution in [0.15, 0.2) is 77.6 Å². The van der Waals surface area contributed by atoms with E-state index in [1.165, 1.54) is 0 Å². The highest BCUT2D eigenvalue weighted by atomic mass is 16.2. The Morgan fingerprint density at radius 3 is 2.43 bits per heavy atom. The van der Waals surface area contributed by atoms with Gasteiger partial charge in [-0.3, -0.25) is 14.2 Å². The predicted octanol–water partition coefficient (Wildman–Crippen LogP) is 4.21. The molecular formula is C25H19N3O2. The summed E-state index contributed by atoms with van der Waals surface area (Å²) < 4.78 is 1.57. The maximum absolute atomic E-state index is 13.4. The van der Waals surface area contributed by atoms with Crippen LogP contribution < -0.4 is 10.5 Å². The summed E-state index contributed by atoms with van der Waals surface area (Å²) in [7, 11) is 1.76. The van der Waals surface area contributed by atoms with Crippen molar-refractivity contribution in [2.45, 2.75) is 6.92 Å². The van der Waals surface area contributed by atoms with Crippen molar-refractivity contribution >= 4 is 34.1 Å². The highest BCUT2D eigenvalue weighted by molar-refractivity contribution is 6.35. The number of aromatic nitrogens is 2. The number of nitrogens with zero attached hydrogens (tertiary/aromatic N) is 3. The van der Waals surface area contributed by atoms with Crippen LogP contribution in [-0.4, -0.2) is 22.5 Å². The van der Waals surface area contributed by atoms with Gasteiger partial charge in [0, 0.05) is 12.6 Å². The molecule has 5 heteroatoms. The van der Waals surface area contributed by atoms with Gasteiger partial charge in [0.2, 0.25) is 0 Å². The van der Waals surface area contributed by atoms with Crippen molar-refractivity contribution in [1.82, 2.24) is 9.55 Å². The first kappa shape index (κ1) is 18.1. The molecule has 0 spiro atoms. The number of benzene rings is 3. The molecule has 0 N–H and O–H groups in total. The first-order valence-electron chi connectivity index (χ1n) is 9.72. The van der Waals surface area contributed by atoms with E-state index in [4.69, 9.17) is 4.98 Å². The molecule has 0 fully saturated rings. The third kappa shape index (κ3) is 2.75. The number of carbonyl (C=O) groups excluding carboxylic acids is 1. The molecule has 1 amide bonds. The number of rotatable bonds is 2. The Morgan fingerprint density at radius 2 is 1.63 bits per heavy atom. The second-order valence-corrected chi connectivity index (χ2v) is 7.41. The summed E-state index contributed by atoms with van der Waals surface area (Å²) in [5, 5.41) is 0.537. The average molecular weight is 393 g/mol. The first-order chi connectivity index (χ1) is 14.5. The molecule has 5 rings (SSSR count). The molecule has 146 valence electrons. The van der Waals surface area contributed by atoms with Crippen LogP contribution in [0.2, 0.25) is 0 Å². The fourth-order valence-corrected chi connectivity index (χ4v) is 3.91. The molecule has 0 aliphatic carbocycles. The Morgan fingerprint density at radius 1 is 0.900 bits per heavy atom. The first-order valence-corrected chi connectivity index (χ1v) is 9.72. The summed E-state index contributed by atoms with van der Waals surface area (Å²) in [5.74, 6) is 0.314. The van der Waals surface area contributed by atoms with E-state index >= 15 is 0 Å². The monoisotopic (exact) mass is 393 g/mol. The SMILES string of the molecule is Cc1ccc2c(c1)/C(=C/c1nc3ccccc3c(=O)n1-c1ccccc1)C(=O)N2C. The Labute approximate surface area is 173 Å². The molecular weight excluding hydrogens is 374 g/mol. The lowest BCUT2D eigenvalue weighted by atomic mass is 10.0. The van der Waals surface area contributed by atoms with E-state index in [0.717, 1.165) is 16.8 Å². The van der Waals surface area contributed by atoms with Crippen molar-refractivity contribution in [3.05, 3.63) is 100 Å². The molecule has 3 aromatic carbocycles. The van der Waals surface area contributed by atoms with Gasteiger partial charge in [0.25, 0.3) is 11.5 Å². The molecule has 0 saturated heterocycles. The standard InChI is InChI=1S/C25H19N3O2/c1-16-12-13-22-19(14-16)20(24(29)27(22)2)15-23-26-21-11-7-6-10-18(21)25(30)28(23)17-8-4-3-5-9-17/h3-15H,1-2H3/b20-15-. The summed E-state index contributed by atoms with van der Waals surface area (Å²) in [6.45, 7) is 1.99. The Balaban J connectivity index is 1.83. The molecule has 1 aromatic heterocycles. The lowest BCUT2D eigenvalue weighted by Crippen LogP contribution is -2.23. The van der Waals surface area contributed by atoms with E-state index in [9.17, 15) is 9.59 Å². The van der Waals surface area contributed by atoms with Crippen molar-refractivity contribution in [3.63, 3.8) is 0 Å². The van der Waals surface area contributed by atoms with E-state index in [1.54, 1.807) is 28.7 Å². The number of para-hydroxylation sites is 2. The van der Waals surface area contributed by atoms with E-state index in [1.807, 2.05) is 73.7 Å². The van der Waals surface area contributed by atoms with Crippen LogP contribution in [-0.2, 0) is 4.79 Å². The van der Waals surface area contributed by atoms with Crippen LogP contribution in [0.5, 0.6) is 0 Å². The van der Waals surface area contributed by atoms with Crippen LogP contribution in [0.3, 0.4) is 0 Å². The Bertz CT molecular complexity index is 1400. The Hall–Kier alpha value is -3.99. The van der Waals surface area contributed by atoms with Crippen molar-refractivity contribution in [2.75, 3.05) is 11.9 Å². The molecule has 0 saturated carbocycles. The summed E-state index contributed by atoms with van der Waals surface area (Å²) in [4.78, 5) is 32.8. The summed E-state index contributed by atoms with van der Waals surface area (Å²) in [6.07, 6.45) is 1.73. The topological polar surface area (TPSA) is 55.2 Å². The van der Waals surface area contributed by atoms with E-state index in [2.05, 4.69) is 0 Å². The minimum atomic E-state index is -0.165. The number of aryl methyl sites for hydroxylation is 1. The number of amides is 1. The second-order valence-electron chi connectivity index (χ2n) is 7.41. The largest absolute Gasteiger partial charge is 0.311 e. The third-order valence-electron chi connectivity index (χ3n) is 5.43. The van der Waals surface area contributed by atoms with E-state index in [0.29, 0.717) is 28.0 Å². The molecule has 0 radical (unpaired) electrons. The smallest absolute Gasteiger partial charge is 0.266 e. The number of fused-ring (bicyclic) bond motifs is 2. The van der Waals surface area contributed by atoms with Gasteiger partial charge in [-0.15, -0.1) is 0 Å². The maximum atomic E-state index is 13.4. The summed E-state index contributed by atoms with van der Waals surface area (Å²) in [5.41, 5.74) is 4.44. The highest BCUT2D eigenvalue weighted by Gasteiger charge is 2.30. The number of hydrogen-bond donors (Lipinski definition) is 0. The Kier molecular flexibility index (Phi) is 4.10. The number of likely N-dealkylation sites (N-methyl/N-ethyl adjacent to an activating group) is 1. The van der Waals surface area contributed by atoms with Gasteiger partial charge in [-0.2, -0.15) is 0 Å². The normalized spacial score (nSPS) is 14.5. The molecule has 0 atom stereocenters. The zero-order valence-corrected chi connectivity index (χ0v) is 16.7. The molecule has 30 heavy (non-hydrogen) atoms. The lowest BCUT2D eigenvalue weighted by Gasteiger charge is -2.12. The van der Waals surface area contributed by atoms with Crippen LogP contribution >= 0.6 is 0 Å². The molecule has 5 nitrogen and oxygen atoms in total. The predicted molar refractivity (Wildman–Crippen MR) is 120 cm³/mol. The molecule has 4 aromatic rings. The van der Waals surface area contributed by atoms with Gasteiger partial charge in [0.05, 0.1) is 27.9 Å². The van der Waals surface area contributed by atoms with Crippen molar-refractivity contribution in [1.29, 1.82) is 0 Å². The van der Waals surface area contributed by atoms with Crippen molar-refractivity contribution in [3.8, 4) is 5.69 Å². The van der Waals surface area contributed by atoms with Crippen molar-refractivity contribution in [2.24, 2.45) is 0 Å². The summed E-state index contributed by atoms with van der Waals surface area (Å²) >= 11 is 0. The molecule has 2 heterocycles. The fraction of sp³-hybridized carbons (Fsp3) is 0.0800.